The maximum Gasteiger partial charge on any atom is 0.407 e. The lowest BCUT2D eigenvalue weighted by Gasteiger charge is -2.30. The fraction of sp³-hybridized carbons (Fsp3) is 0.419. The van der Waals surface area contributed by atoms with E-state index >= 15 is 0 Å². The Balaban J connectivity index is 1.02. The molecule has 15 nitrogen and oxygen atoms in total. The molecule has 0 bridgehead atoms. The summed E-state index contributed by atoms with van der Waals surface area (Å²) in [6, 6.07) is 14.7. The minimum Gasteiger partial charge on any atom is -0.453 e. The van der Waals surface area contributed by atoms with E-state index in [1.54, 1.807) is 22.2 Å². The molecule has 0 unspecified atom stereocenters. The molecule has 2 aromatic carbocycles. The van der Waals surface area contributed by atoms with Crippen molar-refractivity contribution in [2.45, 2.75) is 77.5 Å². The number of ether oxygens (including phenoxy) is 2. The van der Waals surface area contributed by atoms with Gasteiger partial charge < -0.3 is 39.9 Å². The van der Waals surface area contributed by atoms with Crippen molar-refractivity contribution in [2.24, 2.45) is 11.8 Å². The molecular weight excluding hydrogens is 739 g/mol. The Morgan fingerprint density at radius 3 is 1.62 bits per heavy atom. The highest BCUT2D eigenvalue weighted by molar-refractivity contribution is 5.89. The minimum absolute atomic E-state index is 0.108. The maximum absolute atomic E-state index is 13.6. The SMILES string of the molecule is COC(=O)N[C@H](C(=O)N1CCC[C@H]1c1ncc(-c2cnc3cc(-c4ccc(-c5cnc([C@H]6CCCN6C(=O)[C@H](NC(=O)OC)C(C)C)[nH]5)cc4)ccc3c2)[nH]1)C(C)C. The lowest BCUT2D eigenvalue weighted by molar-refractivity contribution is -0.136. The molecule has 2 saturated heterocycles. The molecule has 5 heterocycles. The Hall–Kier alpha value is -6.25. The predicted molar refractivity (Wildman–Crippen MR) is 218 cm³/mol. The summed E-state index contributed by atoms with van der Waals surface area (Å²) < 4.78 is 9.52. The number of imidazole rings is 2. The van der Waals surface area contributed by atoms with Gasteiger partial charge in [0.25, 0.3) is 0 Å². The largest absolute Gasteiger partial charge is 0.453 e. The summed E-state index contributed by atoms with van der Waals surface area (Å²) in [5, 5.41) is 6.37. The molecule has 2 fully saturated rings. The number of fused-ring (bicyclic) bond motifs is 1. The van der Waals surface area contributed by atoms with Gasteiger partial charge in [0.15, 0.2) is 0 Å². The number of nitrogens with zero attached hydrogens (tertiary/aromatic N) is 5. The van der Waals surface area contributed by atoms with E-state index in [0.717, 1.165) is 76.1 Å². The third kappa shape index (κ3) is 8.25. The molecule has 58 heavy (non-hydrogen) atoms. The normalized spacial score (nSPS) is 17.8. The number of carbonyl (C=O) groups excluding carboxylic acids is 4. The number of nitrogens with one attached hydrogen (secondary N) is 4. The smallest absolute Gasteiger partial charge is 0.407 e. The first-order valence-electron chi connectivity index (χ1n) is 19.9. The van der Waals surface area contributed by atoms with Crippen LogP contribution in [0.15, 0.2) is 67.1 Å². The molecule has 4 atom stereocenters. The number of aromatic amines is 2. The number of H-pyrrole nitrogens is 2. The maximum atomic E-state index is 13.6. The van der Waals surface area contributed by atoms with Crippen molar-refractivity contribution in [3.05, 3.63) is 78.8 Å². The average Bonchev–Trinajstić information content (AvgIpc) is 4.07. The Morgan fingerprint density at radius 1 is 0.638 bits per heavy atom. The number of rotatable bonds is 11. The van der Waals surface area contributed by atoms with E-state index in [-0.39, 0.29) is 35.7 Å². The fourth-order valence-corrected chi connectivity index (χ4v) is 7.98. The first-order chi connectivity index (χ1) is 27.9. The van der Waals surface area contributed by atoms with Crippen LogP contribution in [-0.4, -0.2) is 98.1 Å². The van der Waals surface area contributed by atoms with Crippen molar-refractivity contribution < 1.29 is 28.7 Å². The minimum atomic E-state index is -0.698. The monoisotopic (exact) mass is 789 g/mol. The van der Waals surface area contributed by atoms with Crippen molar-refractivity contribution in [2.75, 3.05) is 27.3 Å². The molecule has 0 aliphatic carbocycles. The summed E-state index contributed by atoms with van der Waals surface area (Å²) >= 11 is 0. The number of benzene rings is 2. The van der Waals surface area contributed by atoms with E-state index in [1.807, 2.05) is 46.0 Å². The van der Waals surface area contributed by atoms with Crippen LogP contribution in [0.1, 0.15) is 77.1 Å². The number of pyridine rings is 1. The average molecular weight is 790 g/mol. The lowest BCUT2D eigenvalue weighted by Crippen LogP contribution is -2.51. The zero-order valence-electron chi connectivity index (χ0n) is 33.7. The summed E-state index contributed by atoms with van der Waals surface area (Å²) in [6.07, 6.45) is 7.38. The van der Waals surface area contributed by atoms with E-state index in [9.17, 15) is 19.2 Å². The van der Waals surface area contributed by atoms with Gasteiger partial charge in [0.1, 0.15) is 23.7 Å². The van der Waals surface area contributed by atoms with Crippen molar-refractivity contribution >= 4 is 34.9 Å². The molecule has 2 aliphatic rings. The summed E-state index contributed by atoms with van der Waals surface area (Å²) in [6.45, 7) is 8.77. The van der Waals surface area contributed by atoms with Gasteiger partial charge in [-0.25, -0.2) is 19.6 Å². The molecule has 0 radical (unpaired) electrons. The molecule has 4 N–H and O–H groups in total. The summed E-state index contributed by atoms with van der Waals surface area (Å²) in [5.41, 5.74) is 6.43. The summed E-state index contributed by atoms with van der Waals surface area (Å²) in [5.74, 6) is 0.906. The van der Waals surface area contributed by atoms with Gasteiger partial charge in [-0.2, -0.15) is 0 Å². The number of likely N-dealkylation sites (tertiary alicyclic amines) is 2. The third-order valence-electron chi connectivity index (χ3n) is 11.2. The van der Waals surface area contributed by atoms with Crippen LogP contribution in [0.25, 0.3) is 44.5 Å². The number of alkyl carbamates (subject to hydrolysis) is 2. The molecule has 3 aromatic heterocycles. The van der Waals surface area contributed by atoms with Gasteiger partial charge in [-0.15, -0.1) is 0 Å². The van der Waals surface area contributed by atoms with Gasteiger partial charge in [0.2, 0.25) is 11.8 Å². The van der Waals surface area contributed by atoms with E-state index in [2.05, 4.69) is 67.0 Å². The molecular formula is C43H51N9O6. The molecule has 0 spiro atoms. The highest BCUT2D eigenvalue weighted by atomic mass is 16.5. The lowest BCUT2D eigenvalue weighted by atomic mass is 10.0. The van der Waals surface area contributed by atoms with Crippen molar-refractivity contribution in [3.8, 4) is 33.6 Å². The van der Waals surface area contributed by atoms with Gasteiger partial charge in [-0.3, -0.25) is 14.6 Å². The second-order valence-electron chi connectivity index (χ2n) is 15.7. The van der Waals surface area contributed by atoms with E-state index in [1.165, 1.54) is 14.2 Å². The van der Waals surface area contributed by atoms with E-state index < -0.39 is 24.3 Å². The highest BCUT2D eigenvalue weighted by Gasteiger charge is 2.39. The fourth-order valence-electron chi connectivity index (χ4n) is 7.98. The summed E-state index contributed by atoms with van der Waals surface area (Å²) in [4.78, 5) is 75.7. The number of aromatic nitrogens is 5. The van der Waals surface area contributed by atoms with Crippen LogP contribution in [0.5, 0.6) is 0 Å². The van der Waals surface area contributed by atoms with Crippen molar-refractivity contribution in [3.63, 3.8) is 0 Å². The van der Waals surface area contributed by atoms with Crippen LogP contribution in [0, 0.1) is 11.8 Å². The Labute approximate surface area is 337 Å². The van der Waals surface area contributed by atoms with Crippen LogP contribution >= 0.6 is 0 Å². The van der Waals surface area contributed by atoms with Gasteiger partial charge >= 0.3 is 12.2 Å². The number of carbonyl (C=O) groups is 4. The number of methoxy groups -OCH3 is 2. The molecule has 5 aromatic rings. The highest BCUT2D eigenvalue weighted by Crippen LogP contribution is 2.35. The summed E-state index contributed by atoms with van der Waals surface area (Å²) in [7, 11) is 2.58. The molecule has 7 rings (SSSR count). The predicted octanol–water partition coefficient (Wildman–Crippen LogP) is 6.77. The van der Waals surface area contributed by atoms with Crippen LogP contribution in [-0.2, 0) is 19.1 Å². The third-order valence-corrected chi connectivity index (χ3v) is 11.2. The standard InChI is InChI=1S/C43H51N9O6/c1-24(2)36(49-42(55)57-5)40(53)51-17-7-9-34(51)38-45-22-32(47-38)27-13-11-26(12-14-27)28-15-16-29-19-30(21-44-31(29)20-28)33-23-46-39(48-33)35-10-8-18-52(35)41(54)37(25(3)4)50-43(56)58-6/h11-16,19-25,34-37H,7-10,17-18H2,1-6H3,(H,45,47)(H,46,48)(H,49,55)(H,50,56)/t34-,35+,36-,37+/m1/s1. The Kier molecular flexibility index (Phi) is 11.8. The second kappa shape index (κ2) is 17.1. The number of hydrogen-bond donors (Lipinski definition) is 4. The van der Waals surface area contributed by atoms with Crippen LogP contribution in [0.3, 0.4) is 0 Å². The van der Waals surface area contributed by atoms with Crippen LogP contribution < -0.4 is 10.6 Å². The first kappa shape index (κ1) is 40.0. The molecule has 15 heteroatoms. The van der Waals surface area contributed by atoms with Gasteiger partial charge in [0, 0.05) is 30.2 Å². The molecule has 0 saturated carbocycles. The van der Waals surface area contributed by atoms with Crippen LogP contribution in [0.2, 0.25) is 0 Å². The first-order valence-corrected chi connectivity index (χ1v) is 19.9. The van der Waals surface area contributed by atoms with E-state index in [4.69, 9.17) is 14.5 Å². The van der Waals surface area contributed by atoms with Gasteiger partial charge in [-0.05, 0) is 66.3 Å². The Morgan fingerprint density at radius 2 is 1.12 bits per heavy atom. The number of amides is 4. The molecule has 2 aliphatic heterocycles. The molecule has 4 amide bonds. The topological polar surface area (TPSA) is 188 Å². The van der Waals surface area contributed by atoms with Crippen molar-refractivity contribution in [1.82, 2.24) is 45.4 Å². The van der Waals surface area contributed by atoms with Crippen LogP contribution in [0.4, 0.5) is 9.59 Å². The zero-order chi connectivity index (χ0) is 41.1. The zero-order valence-corrected chi connectivity index (χ0v) is 33.7. The quantitative estimate of drug-likeness (QED) is 0.112. The Bertz CT molecular complexity index is 2280. The van der Waals surface area contributed by atoms with Crippen molar-refractivity contribution in [1.29, 1.82) is 0 Å². The van der Waals surface area contributed by atoms with Gasteiger partial charge in [-0.1, -0.05) is 64.1 Å². The van der Waals surface area contributed by atoms with Gasteiger partial charge in [0.05, 0.1) is 55.6 Å². The van der Waals surface area contributed by atoms with E-state index in [0.29, 0.717) is 18.9 Å². The second-order valence-corrected chi connectivity index (χ2v) is 15.7. The molecule has 304 valence electrons. The number of hydrogen-bond acceptors (Lipinski definition) is 9.